The number of aromatic carboxylic acids is 1. The zero-order valence-corrected chi connectivity index (χ0v) is 16.5. The van der Waals surface area contributed by atoms with Crippen LogP contribution in [0.5, 0.6) is 5.75 Å². The lowest BCUT2D eigenvalue weighted by Gasteiger charge is -2.08. The smallest absolute Gasteiger partial charge is 0.478 e. The first-order valence-electron chi connectivity index (χ1n) is 9.25. The normalized spacial score (nSPS) is 11.5. The van der Waals surface area contributed by atoms with Crippen LogP contribution in [0.1, 0.15) is 21.6 Å². The van der Waals surface area contributed by atoms with Crippen LogP contribution < -0.4 is 4.74 Å². The molecule has 0 bridgehead atoms. The number of carbonyl (C=O) groups is 1. The summed E-state index contributed by atoms with van der Waals surface area (Å²) in [5.41, 5.74) is 2.75. The zero-order valence-electron chi connectivity index (χ0n) is 16.5. The number of carboxylic acid groups (broad SMARTS) is 1. The van der Waals surface area contributed by atoms with E-state index in [-0.39, 0.29) is 23.0 Å². The maximum Gasteiger partial charge on any atom is 0.573 e. The number of benzene rings is 2. The summed E-state index contributed by atoms with van der Waals surface area (Å²) in [5.74, 6) is -1.01. The first kappa shape index (κ1) is 21.1. The van der Waals surface area contributed by atoms with E-state index in [0.29, 0.717) is 17.8 Å². The third-order valence-electron chi connectivity index (χ3n) is 4.51. The molecule has 0 spiro atoms. The summed E-state index contributed by atoms with van der Waals surface area (Å²) in [7, 11) is 0. The first-order chi connectivity index (χ1) is 15.2. The van der Waals surface area contributed by atoms with Gasteiger partial charge < -0.3 is 14.4 Å². The molecule has 164 valence electrons. The number of alkyl halides is 3. The molecule has 1 N–H and O–H groups in total. The van der Waals surface area contributed by atoms with E-state index in [1.54, 1.807) is 22.9 Å². The minimum atomic E-state index is -4.77. The van der Waals surface area contributed by atoms with Gasteiger partial charge in [0.15, 0.2) is 5.69 Å². The zero-order chi connectivity index (χ0) is 22.9. The Morgan fingerprint density at radius 3 is 2.44 bits per heavy atom. The van der Waals surface area contributed by atoms with Gasteiger partial charge in [-0.2, -0.15) is 10.1 Å². The molecular formula is C21H15F3N4O4. The van der Waals surface area contributed by atoms with Crippen molar-refractivity contribution in [3.63, 3.8) is 0 Å². The molecule has 8 nitrogen and oxygen atoms in total. The van der Waals surface area contributed by atoms with Crippen molar-refractivity contribution >= 4 is 5.97 Å². The Kier molecular flexibility index (Phi) is 5.39. The van der Waals surface area contributed by atoms with Gasteiger partial charge in [0.05, 0.1) is 12.1 Å². The van der Waals surface area contributed by atoms with Crippen molar-refractivity contribution in [1.29, 1.82) is 0 Å². The van der Waals surface area contributed by atoms with E-state index in [0.717, 1.165) is 23.4 Å². The van der Waals surface area contributed by atoms with Crippen molar-refractivity contribution in [2.45, 2.75) is 19.8 Å². The Balaban J connectivity index is 1.50. The van der Waals surface area contributed by atoms with Crippen LogP contribution in [0, 0.1) is 6.92 Å². The summed E-state index contributed by atoms with van der Waals surface area (Å²) in [5, 5.41) is 17.3. The maximum atomic E-state index is 12.3. The standard InChI is InChI=1S/C21H15F3N4O4/c1-12-10-17(26-28(12)11-13-2-4-15(5-3-13)20(29)30)19-25-18(27-32-19)14-6-8-16(9-7-14)31-21(22,23)24/h2-10H,11H2,1H3,(H,29,30). The monoisotopic (exact) mass is 444 g/mol. The second kappa shape index (κ2) is 8.17. The number of aryl methyl sites for hydroxylation is 1. The van der Waals surface area contributed by atoms with Crippen LogP contribution >= 0.6 is 0 Å². The minimum absolute atomic E-state index is 0.152. The van der Waals surface area contributed by atoms with E-state index in [4.69, 9.17) is 9.63 Å². The lowest BCUT2D eigenvalue weighted by Crippen LogP contribution is -2.16. The molecule has 0 radical (unpaired) electrons. The van der Waals surface area contributed by atoms with Gasteiger partial charge in [0.2, 0.25) is 5.82 Å². The van der Waals surface area contributed by atoms with Crippen molar-refractivity contribution < 1.29 is 32.3 Å². The van der Waals surface area contributed by atoms with Crippen molar-refractivity contribution in [1.82, 2.24) is 19.9 Å². The molecule has 0 aliphatic carbocycles. The number of ether oxygens (including phenoxy) is 1. The number of hydrogen-bond donors (Lipinski definition) is 1. The number of carboxylic acids is 1. The summed E-state index contributed by atoms with van der Waals surface area (Å²) in [4.78, 5) is 15.2. The molecule has 4 rings (SSSR count). The molecule has 4 aromatic rings. The van der Waals surface area contributed by atoms with Crippen LogP contribution in [0.3, 0.4) is 0 Å². The van der Waals surface area contributed by atoms with Gasteiger partial charge in [-0.15, -0.1) is 13.2 Å². The fourth-order valence-corrected chi connectivity index (χ4v) is 2.95. The Labute approximate surface area is 178 Å². The molecule has 0 saturated carbocycles. The molecule has 0 unspecified atom stereocenters. The van der Waals surface area contributed by atoms with E-state index < -0.39 is 12.3 Å². The van der Waals surface area contributed by atoms with Gasteiger partial charge in [-0.3, -0.25) is 4.68 Å². The van der Waals surface area contributed by atoms with E-state index in [1.807, 2.05) is 6.92 Å². The van der Waals surface area contributed by atoms with Gasteiger partial charge in [-0.05, 0) is 55.0 Å². The molecule has 0 fully saturated rings. The summed E-state index contributed by atoms with van der Waals surface area (Å²) in [6, 6.07) is 13.3. The molecule has 2 aromatic carbocycles. The van der Waals surface area contributed by atoms with Crippen LogP contribution in [0.4, 0.5) is 13.2 Å². The molecule has 0 amide bonds. The van der Waals surface area contributed by atoms with Gasteiger partial charge >= 0.3 is 12.3 Å². The van der Waals surface area contributed by atoms with Gasteiger partial charge in [0.1, 0.15) is 5.75 Å². The number of halogens is 3. The van der Waals surface area contributed by atoms with Crippen LogP contribution in [0.2, 0.25) is 0 Å². The number of hydrogen-bond acceptors (Lipinski definition) is 6. The van der Waals surface area contributed by atoms with Gasteiger partial charge in [-0.25, -0.2) is 4.79 Å². The largest absolute Gasteiger partial charge is 0.573 e. The van der Waals surface area contributed by atoms with Gasteiger partial charge in [0.25, 0.3) is 5.89 Å². The first-order valence-corrected chi connectivity index (χ1v) is 9.25. The van der Waals surface area contributed by atoms with Gasteiger partial charge in [0, 0.05) is 11.3 Å². The SMILES string of the molecule is Cc1cc(-c2nc(-c3ccc(OC(F)(F)F)cc3)no2)nn1Cc1ccc(C(=O)O)cc1. The quantitative estimate of drug-likeness (QED) is 0.465. The van der Waals surface area contributed by atoms with Crippen molar-refractivity contribution in [2.24, 2.45) is 0 Å². The number of aromatic nitrogens is 4. The molecule has 0 saturated heterocycles. The predicted octanol–water partition coefficient (Wildman–Crippen LogP) is 4.55. The average Bonchev–Trinajstić information content (AvgIpc) is 3.35. The molecular weight excluding hydrogens is 429 g/mol. The second-order valence-electron chi connectivity index (χ2n) is 6.83. The van der Waals surface area contributed by atoms with Gasteiger partial charge in [-0.1, -0.05) is 17.3 Å². The molecule has 0 atom stereocenters. The highest BCUT2D eigenvalue weighted by Crippen LogP contribution is 2.27. The van der Waals surface area contributed by atoms with E-state index in [9.17, 15) is 18.0 Å². The summed E-state index contributed by atoms with van der Waals surface area (Å²) < 4.78 is 47.7. The predicted molar refractivity (Wildman–Crippen MR) is 105 cm³/mol. The second-order valence-corrected chi connectivity index (χ2v) is 6.83. The topological polar surface area (TPSA) is 103 Å². The van der Waals surface area contributed by atoms with E-state index >= 15 is 0 Å². The van der Waals surface area contributed by atoms with Crippen LogP contribution in [-0.2, 0) is 6.54 Å². The Hall–Kier alpha value is -4.15. The van der Waals surface area contributed by atoms with Crippen LogP contribution in [0.15, 0.2) is 59.1 Å². The van der Waals surface area contributed by atoms with Crippen molar-refractivity contribution in [3.8, 4) is 28.7 Å². The highest BCUT2D eigenvalue weighted by molar-refractivity contribution is 5.87. The van der Waals surface area contributed by atoms with E-state index in [1.165, 1.54) is 24.3 Å². The maximum absolute atomic E-state index is 12.3. The van der Waals surface area contributed by atoms with Crippen molar-refractivity contribution in [2.75, 3.05) is 0 Å². The molecule has 32 heavy (non-hydrogen) atoms. The molecule has 2 aromatic heterocycles. The molecule has 11 heteroatoms. The fourth-order valence-electron chi connectivity index (χ4n) is 2.95. The Morgan fingerprint density at radius 1 is 1.12 bits per heavy atom. The van der Waals surface area contributed by atoms with Crippen LogP contribution in [-0.4, -0.2) is 37.4 Å². The summed E-state index contributed by atoms with van der Waals surface area (Å²) >= 11 is 0. The number of nitrogens with zero attached hydrogens (tertiary/aromatic N) is 4. The Morgan fingerprint density at radius 2 is 1.81 bits per heavy atom. The molecule has 0 aliphatic rings. The summed E-state index contributed by atoms with van der Waals surface area (Å²) in [6.07, 6.45) is -4.77. The average molecular weight is 444 g/mol. The highest BCUT2D eigenvalue weighted by atomic mass is 19.4. The lowest BCUT2D eigenvalue weighted by atomic mass is 10.1. The lowest BCUT2D eigenvalue weighted by molar-refractivity contribution is -0.274. The number of rotatable bonds is 6. The molecule has 2 heterocycles. The van der Waals surface area contributed by atoms with E-state index in [2.05, 4.69) is 20.0 Å². The van der Waals surface area contributed by atoms with Crippen LogP contribution in [0.25, 0.3) is 23.0 Å². The molecule has 0 aliphatic heterocycles. The third kappa shape index (κ3) is 4.77. The Bertz CT molecular complexity index is 1250. The highest BCUT2D eigenvalue weighted by Gasteiger charge is 2.31. The summed E-state index contributed by atoms with van der Waals surface area (Å²) in [6.45, 7) is 2.26. The minimum Gasteiger partial charge on any atom is -0.478 e. The fraction of sp³-hybridized carbons (Fsp3) is 0.143. The van der Waals surface area contributed by atoms with Crippen molar-refractivity contribution in [3.05, 3.63) is 71.4 Å². The third-order valence-corrected chi connectivity index (χ3v) is 4.51.